The SMILES string of the molecule is Clc1ccc(Cl)nn1.c1cc(N2CCOCC2)nnc1N1CCOCC1. The van der Waals surface area contributed by atoms with Crippen LogP contribution in [0.1, 0.15) is 0 Å². The molecule has 8 nitrogen and oxygen atoms in total. The molecule has 2 saturated heterocycles. The smallest absolute Gasteiger partial charge is 0.151 e. The minimum atomic E-state index is 0.356. The molecule has 0 saturated carbocycles. The number of halogens is 2. The van der Waals surface area contributed by atoms with E-state index in [2.05, 4.69) is 30.2 Å². The molecule has 2 aliphatic rings. The number of nitrogens with zero attached hydrogens (tertiary/aromatic N) is 6. The van der Waals surface area contributed by atoms with Crippen LogP contribution in [0.3, 0.4) is 0 Å². The maximum Gasteiger partial charge on any atom is 0.151 e. The normalized spacial score (nSPS) is 17.5. The second-order valence-corrected chi connectivity index (χ2v) is 6.40. The van der Waals surface area contributed by atoms with E-state index in [1.807, 2.05) is 12.1 Å². The van der Waals surface area contributed by atoms with Crippen molar-refractivity contribution in [1.29, 1.82) is 0 Å². The van der Waals surface area contributed by atoms with Gasteiger partial charge in [0.15, 0.2) is 21.9 Å². The first-order chi connectivity index (χ1) is 12.7. The van der Waals surface area contributed by atoms with Crippen LogP contribution in [0.2, 0.25) is 10.3 Å². The minimum absolute atomic E-state index is 0.356. The summed E-state index contributed by atoms with van der Waals surface area (Å²) >= 11 is 10.8. The molecule has 140 valence electrons. The molecular formula is C16H20Cl2N6O2. The molecule has 2 aromatic rings. The van der Waals surface area contributed by atoms with Gasteiger partial charge >= 0.3 is 0 Å². The largest absolute Gasteiger partial charge is 0.378 e. The topological polar surface area (TPSA) is 76.5 Å². The van der Waals surface area contributed by atoms with E-state index in [0.29, 0.717) is 10.3 Å². The predicted octanol–water partition coefficient (Wildman–Crippen LogP) is 1.93. The summed E-state index contributed by atoms with van der Waals surface area (Å²) in [4.78, 5) is 4.42. The van der Waals surface area contributed by atoms with Gasteiger partial charge in [-0.15, -0.1) is 20.4 Å². The maximum absolute atomic E-state index is 5.38. The van der Waals surface area contributed by atoms with Crippen LogP contribution >= 0.6 is 23.2 Å². The van der Waals surface area contributed by atoms with E-state index in [1.165, 1.54) is 0 Å². The lowest BCUT2D eigenvalue weighted by Gasteiger charge is -2.29. The molecule has 0 N–H and O–H groups in total. The van der Waals surface area contributed by atoms with Gasteiger partial charge in [0, 0.05) is 26.2 Å². The summed E-state index contributed by atoms with van der Waals surface area (Å²) in [7, 11) is 0. The van der Waals surface area contributed by atoms with Gasteiger partial charge in [-0.25, -0.2) is 0 Å². The fourth-order valence-corrected chi connectivity index (χ4v) is 2.74. The van der Waals surface area contributed by atoms with E-state index < -0.39 is 0 Å². The summed E-state index contributed by atoms with van der Waals surface area (Å²) in [5.74, 6) is 1.88. The van der Waals surface area contributed by atoms with Gasteiger partial charge in [0.25, 0.3) is 0 Å². The van der Waals surface area contributed by atoms with Crippen molar-refractivity contribution in [3.05, 3.63) is 34.6 Å². The highest BCUT2D eigenvalue weighted by Crippen LogP contribution is 2.16. The molecule has 0 amide bonds. The molecule has 0 bridgehead atoms. The van der Waals surface area contributed by atoms with Crippen molar-refractivity contribution in [2.75, 3.05) is 62.4 Å². The molecule has 0 unspecified atom stereocenters. The van der Waals surface area contributed by atoms with E-state index in [4.69, 9.17) is 32.7 Å². The Morgan fingerprint density at radius 2 is 1.00 bits per heavy atom. The zero-order valence-electron chi connectivity index (χ0n) is 14.2. The molecule has 0 aliphatic carbocycles. The Morgan fingerprint density at radius 3 is 1.31 bits per heavy atom. The van der Waals surface area contributed by atoms with Gasteiger partial charge in [-0.3, -0.25) is 0 Å². The first-order valence-corrected chi connectivity index (χ1v) is 9.12. The van der Waals surface area contributed by atoms with Gasteiger partial charge < -0.3 is 19.3 Å². The summed E-state index contributed by atoms with van der Waals surface area (Å²) in [6.45, 7) is 6.66. The second-order valence-electron chi connectivity index (χ2n) is 5.63. The third-order valence-electron chi connectivity index (χ3n) is 3.91. The molecule has 0 atom stereocenters. The Bertz CT molecular complexity index is 603. The number of hydrogen-bond donors (Lipinski definition) is 0. The van der Waals surface area contributed by atoms with Crippen molar-refractivity contribution >= 4 is 34.8 Å². The highest BCUT2D eigenvalue weighted by molar-refractivity contribution is 6.31. The van der Waals surface area contributed by atoms with Crippen LogP contribution in [0, 0.1) is 0 Å². The van der Waals surface area contributed by atoms with E-state index in [1.54, 1.807) is 12.1 Å². The molecule has 0 aromatic carbocycles. The lowest BCUT2D eigenvalue weighted by Crippen LogP contribution is -2.38. The summed E-state index contributed by atoms with van der Waals surface area (Å²) in [6, 6.07) is 7.25. The average Bonchev–Trinajstić information content (AvgIpc) is 2.72. The summed E-state index contributed by atoms with van der Waals surface area (Å²) < 4.78 is 10.7. The van der Waals surface area contributed by atoms with Gasteiger partial charge in [-0.05, 0) is 24.3 Å². The Kier molecular flexibility index (Phi) is 7.19. The summed E-state index contributed by atoms with van der Waals surface area (Å²) in [5, 5.41) is 16.3. The number of anilines is 2. The third kappa shape index (κ3) is 5.63. The zero-order valence-corrected chi connectivity index (χ0v) is 15.7. The van der Waals surface area contributed by atoms with E-state index in [0.717, 1.165) is 64.2 Å². The molecule has 4 rings (SSSR count). The zero-order chi connectivity index (χ0) is 18.2. The molecule has 2 aliphatic heterocycles. The number of hydrogen-bond acceptors (Lipinski definition) is 8. The highest BCUT2D eigenvalue weighted by Gasteiger charge is 2.15. The third-order valence-corrected chi connectivity index (χ3v) is 4.31. The first kappa shape index (κ1) is 19.0. The second kappa shape index (κ2) is 9.82. The fraction of sp³-hybridized carbons (Fsp3) is 0.500. The quantitative estimate of drug-likeness (QED) is 0.759. The van der Waals surface area contributed by atoms with Crippen molar-refractivity contribution in [2.24, 2.45) is 0 Å². The standard InChI is InChI=1S/C12H18N4O2.C4H2Cl2N2/c1-2-12(16-5-9-18-10-6-16)14-13-11(1)15-3-7-17-8-4-15;5-3-1-2-4(6)8-7-3/h1-2H,3-10H2;1-2H. The monoisotopic (exact) mass is 398 g/mol. The van der Waals surface area contributed by atoms with Crippen molar-refractivity contribution in [3.8, 4) is 0 Å². The Balaban J connectivity index is 0.000000206. The lowest BCUT2D eigenvalue weighted by atomic mass is 10.3. The lowest BCUT2D eigenvalue weighted by molar-refractivity contribution is 0.121. The number of rotatable bonds is 2. The molecule has 26 heavy (non-hydrogen) atoms. The van der Waals surface area contributed by atoms with Gasteiger partial charge in [-0.2, -0.15) is 0 Å². The van der Waals surface area contributed by atoms with Crippen LogP contribution in [0.4, 0.5) is 11.6 Å². The van der Waals surface area contributed by atoms with Crippen LogP contribution in [0.25, 0.3) is 0 Å². The Hall–Kier alpha value is -1.74. The van der Waals surface area contributed by atoms with Crippen molar-refractivity contribution < 1.29 is 9.47 Å². The fourth-order valence-electron chi connectivity index (χ4n) is 2.54. The van der Waals surface area contributed by atoms with E-state index >= 15 is 0 Å². The maximum atomic E-state index is 5.38. The molecule has 2 aromatic heterocycles. The van der Waals surface area contributed by atoms with Crippen molar-refractivity contribution in [1.82, 2.24) is 20.4 Å². The van der Waals surface area contributed by atoms with Gasteiger partial charge in [-0.1, -0.05) is 23.2 Å². The molecule has 4 heterocycles. The minimum Gasteiger partial charge on any atom is -0.378 e. The van der Waals surface area contributed by atoms with Gasteiger partial charge in [0.1, 0.15) is 0 Å². The summed E-state index contributed by atoms with van der Waals surface area (Å²) in [6.07, 6.45) is 0. The van der Waals surface area contributed by atoms with Crippen molar-refractivity contribution in [2.45, 2.75) is 0 Å². The van der Waals surface area contributed by atoms with E-state index in [9.17, 15) is 0 Å². The summed E-state index contributed by atoms with van der Waals surface area (Å²) in [5.41, 5.74) is 0. The average molecular weight is 399 g/mol. The molecular weight excluding hydrogens is 379 g/mol. The van der Waals surface area contributed by atoms with Crippen molar-refractivity contribution in [3.63, 3.8) is 0 Å². The number of aromatic nitrogens is 4. The number of morpholine rings is 2. The molecule has 0 radical (unpaired) electrons. The molecule has 0 spiro atoms. The Morgan fingerprint density at radius 1 is 0.615 bits per heavy atom. The first-order valence-electron chi connectivity index (χ1n) is 8.36. The highest BCUT2D eigenvalue weighted by atomic mass is 35.5. The van der Waals surface area contributed by atoms with Crippen LogP contribution in [0.5, 0.6) is 0 Å². The van der Waals surface area contributed by atoms with Gasteiger partial charge in [0.2, 0.25) is 0 Å². The molecule has 2 fully saturated rings. The van der Waals surface area contributed by atoms with Crippen LogP contribution < -0.4 is 9.80 Å². The number of ether oxygens (including phenoxy) is 2. The van der Waals surface area contributed by atoms with Crippen LogP contribution in [-0.4, -0.2) is 73.0 Å². The molecule has 10 heteroatoms. The van der Waals surface area contributed by atoms with Crippen LogP contribution in [0.15, 0.2) is 24.3 Å². The van der Waals surface area contributed by atoms with E-state index in [-0.39, 0.29) is 0 Å². The Labute approximate surface area is 162 Å². The van der Waals surface area contributed by atoms with Gasteiger partial charge in [0.05, 0.1) is 26.4 Å². The van der Waals surface area contributed by atoms with Crippen LogP contribution in [-0.2, 0) is 9.47 Å². The predicted molar refractivity (Wildman–Crippen MR) is 100 cm³/mol.